The number of benzene rings is 2. The molecule has 0 atom stereocenters. The number of ether oxygens (including phenoxy) is 1. The molecule has 1 fully saturated rings. The van der Waals surface area contributed by atoms with Crippen LogP contribution in [0, 0.1) is 5.41 Å². The number of nitrogens with zero attached hydrogens (tertiary/aromatic N) is 4. The fourth-order valence-corrected chi connectivity index (χ4v) is 6.26. The zero-order chi connectivity index (χ0) is 26.1. The Labute approximate surface area is 226 Å². The fraction of sp³-hybridized carbons (Fsp3) is 0.333. The summed E-state index contributed by atoms with van der Waals surface area (Å²) in [7, 11) is 0. The Morgan fingerprint density at radius 3 is 2.68 bits per heavy atom. The first-order valence-corrected chi connectivity index (χ1v) is 14.2. The molecular formula is C30H31N5O2S. The van der Waals surface area contributed by atoms with Gasteiger partial charge in [-0.25, -0.2) is 0 Å². The van der Waals surface area contributed by atoms with Crippen molar-refractivity contribution in [3.8, 4) is 5.75 Å². The van der Waals surface area contributed by atoms with Crippen LogP contribution in [0.3, 0.4) is 0 Å². The van der Waals surface area contributed by atoms with E-state index in [1.165, 1.54) is 54.4 Å². The number of carbonyl (C=O) groups excluding carboxylic acids is 1. The lowest BCUT2D eigenvalue weighted by Gasteiger charge is -2.22. The summed E-state index contributed by atoms with van der Waals surface area (Å²) in [6.45, 7) is 3.19. The predicted octanol–water partition coefficient (Wildman–Crippen LogP) is 6.80. The summed E-state index contributed by atoms with van der Waals surface area (Å²) >= 11 is 1.35. The molecule has 3 aliphatic rings. The molecule has 0 spiro atoms. The fourth-order valence-electron chi connectivity index (χ4n) is 5.44. The number of carbonyl (C=O) groups is 1. The minimum atomic E-state index is -0.404. The van der Waals surface area contributed by atoms with Crippen molar-refractivity contribution in [1.82, 2.24) is 9.58 Å². The van der Waals surface area contributed by atoms with E-state index in [2.05, 4.69) is 45.0 Å². The molecule has 1 amide bonds. The van der Waals surface area contributed by atoms with Gasteiger partial charge in [0.15, 0.2) is 5.84 Å². The van der Waals surface area contributed by atoms with Gasteiger partial charge in [-0.05, 0) is 66.8 Å². The Morgan fingerprint density at radius 2 is 1.89 bits per heavy atom. The van der Waals surface area contributed by atoms with Crippen LogP contribution in [-0.2, 0) is 11.3 Å². The highest BCUT2D eigenvalue weighted by atomic mass is 32.2. The Bertz CT molecular complexity index is 1480. The monoisotopic (exact) mass is 525 g/mol. The van der Waals surface area contributed by atoms with Crippen molar-refractivity contribution in [3.05, 3.63) is 71.4 Å². The molecule has 2 aromatic carbocycles. The van der Waals surface area contributed by atoms with Gasteiger partial charge in [-0.15, -0.1) is 0 Å². The molecule has 1 saturated carbocycles. The molecule has 1 aliphatic carbocycles. The van der Waals surface area contributed by atoms with Gasteiger partial charge < -0.3 is 9.30 Å². The van der Waals surface area contributed by atoms with Crippen LogP contribution in [0.5, 0.6) is 5.75 Å². The molecule has 0 radical (unpaired) electrons. The summed E-state index contributed by atoms with van der Waals surface area (Å²) in [5.74, 6) is 1.23. The number of aromatic nitrogens is 1. The van der Waals surface area contributed by atoms with Crippen molar-refractivity contribution in [2.75, 3.05) is 6.61 Å². The maximum atomic E-state index is 12.8. The molecule has 0 unspecified atom stereocenters. The van der Waals surface area contributed by atoms with Crippen LogP contribution in [0.1, 0.15) is 62.5 Å². The van der Waals surface area contributed by atoms with E-state index in [-0.39, 0.29) is 11.4 Å². The van der Waals surface area contributed by atoms with Gasteiger partial charge in [-0.2, -0.15) is 15.1 Å². The summed E-state index contributed by atoms with van der Waals surface area (Å²) in [6.07, 6.45) is 11.1. The number of thioether (sulfide) groups is 1. The molecule has 0 saturated heterocycles. The number of para-hydroxylation sites is 1. The third kappa shape index (κ3) is 4.80. The molecule has 7 nitrogen and oxygen atoms in total. The third-order valence-electron chi connectivity index (χ3n) is 7.48. The van der Waals surface area contributed by atoms with Crippen LogP contribution in [0.15, 0.2) is 70.4 Å². The summed E-state index contributed by atoms with van der Waals surface area (Å²) in [5.41, 5.74) is 3.59. The van der Waals surface area contributed by atoms with Crippen LogP contribution >= 0.6 is 11.8 Å². The lowest BCUT2D eigenvalue weighted by molar-refractivity contribution is -0.114. The second-order valence-electron chi connectivity index (χ2n) is 9.91. The Hall–Kier alpha value is -3.65. The number of rotatable bonds is 7. The normalized spacial score (nSPS) is 19.2. The molecule has 194 valence electrons. The quantitative estimate of drug-likeness (QED) is 0.344. The third-order valence-corrected chi connectivity index (χ3v) is 8.53. The summed E-state index contributed by atoms with van der Waals surface area (Å²) in [6, 6.07) is 16.7. The molecule has 8 heteroatoms. The van der Waals surface area contributed by atoms with Gasteiger partial charge in [0, 0.05) is 22.7 Å². The second kappa shape index (κ2) is 10.6. The number of amidine groups is 2. The van der Waals surface area contributed by atoms with E-state index >= 15 is 0 Å². The number of hydrazone groups is 1. The van der Waals surface area contributed by atoms with Crippen LogP contribution in [-0.4, -0.2) is 38.1 Å². The number of aliphatic imine (C=N–C) groups is 1. The predicted molar refractivity (Wildman–Crippen MR) is 155 cm³/mol. The minimum Gasteiger partial charge on any atom is -0.492 e. The Morgan fingerprint density at radius 1 is 1.11 bits per heavy atom. The number of nitrogens with one attached hydrogen (secondary N) is 1. The number of fused-ring (bicyclic) bond motifs is 2. The average Bonchev–Trinajstić information content (AvgIpc) is 3.53. The first kappa shape index (κ1) is 24.7. The van der Waals surface area contributed by atoms with Crippen molar-refractivity contribution in [3.63, 3.8) is 0 Å². The van der Waals surface area contributed by atoms with Crippen LogP contribution < -0.4 is 4.74 Å². The molecule has 1 N–H and O–H groups in total. The highest BCUT2D eigenvalue weighted by molar-refractivity contribution is 8.26. The highest BCUT2D eigenvalue weighted by Gasteiger charge is 2.35. The standard InChI is InChI=1S/C30H31N5O2S/c1-2-27-33-35-28(31)25(29(36)32-30(35)38-27)18-22-19-34(26-11-7-6-10-24(22)26)16-17-37-23-14-12-21(13-15-23)20-8-4-3-5-9-20/h6-7,10-15,18-20,31H,2-5,8-9,16-17H2,1H3/b25-18+,31-28?. The van der Waals surface area contributed by atoms with Gasteiger partial charge >= 0.3 is 0 Å². The summed E-state index contributed by atoms with van der Waals surface area (Å²) in [5, 5.41) is 16.9. The number of amides is 1. The Balaban J connectivity index is 1.19. The molecule has 6 rings (SSSR count). The zero-order valence-corrected chi connectivity index (χ0v) is 22.3. The van der Waals surface area contributed by atoms with E-state index in [1.54, 1.807) is 6.08 Å². The van der Waals surface area contributed by atoms with Crippen LogP contribution in [0.4, 0.5) is 0 Å². The molecule has 38 heavy (non-hydrogen) atoms. The molecule has 2 aliphatic heterocycles. The summed E-state index contributed by atoms with van der Waals surface area (Å²) in [4.78, 5) is 17.0. The van der Waals surface area contributed by atoms with Gasteiger partial charge in [0.05, 0.1) is 12.1 Å². The minimum absolute atomic E-state index is 0.0628. The molecular weight excluding hydrogens is 494 g/mol. The van der Waals surface area contributed by atoms with Crippen molar-refractivity contribution in [2.45, 2.75) is 57.9 Å². The van der Waals surface area contributed by atoms with E-state index in [1.807, 2.05) is 31.3 Å². The molecule has 3 heterocycles. The lowest BCUT2D eigenvalue weighted by Crippen LogP contribution is -2.35. The molecule has 0 bridgehead atoms. The zero-order valence-electron chi connectivity index (χ0n) is 21.5. The van der Waals surface area contributed by atoms with E-state index in [0.717, 1.165) is 33.7 Å². The van der Waals surface area contributed by atoms with Crippen LogP contribution in [0.25, 0.3) is 17.0 Å². The second-order valence-corrected chi connectivity index (χ2v) is 11.0. The van der Waals surface area contributed by atoms with Crippen molar-refractivity contribution < 1.29 is 9.53 Å². The highest BCUT2D eigenvalue weighted by Crippen LogP contribution is 2.34. The lowest BCUT2D eigenvalue weighted by atomic mass is 9.84. The van der Waals surface area contributed by atoms with E-state index in [0.29, 0.717) is 24.2 Å². The largest absolute Gasteiger partial charge is 0.492 e. The van der Waals surface area contributed by atoms with E-state index < -0.39 is 5.91 Å². The maximum Gasteiger partial charge on any atom is 0.283 e. The van der Waals surface area contributed by atoms with E-state index in [9.17, 15) is 4.79 Å². The maximum absolute atomic E-state index is 12.8. The topological polar surface area (TPSA) is 83.0 Å². The number of hydrogen-bond donors (Lipinski definition) is 1. The van der Waals surface area contributed by atoms with Gasteiger partial charge in [-0.1, -0.05) is 56.5 Å². The van der Waals surface area contributed by atoms with Gasteiger partial charge in [-0.3, -0.25) is 10.2 Å². The van der Waals surface area contributed by atoms with Gasteiger partial charge in [0.25, 0.3) is 5.91 Å². The van der Waals surface area contributed by atoms with Crippen molar-refractivity contribution >= 4 is 50.7 Å². The first-order valence-electron chi connectivity index (χ1n) is 13.4. The molecule has 1 aromatic heterocycles. The summed E-state index contributed by atoms with van der Waals surface area (Å²) < 4.78 is 8.24. The van der Waals surface area contributed by atoms with Crippen molar-refractivity contribution in [2.24, 2.45) is 10.1 Å². The van der Waals surface area contributed by atoms with E-state index in [4.69, 9.17) is 10.1 Å². The van der Waals surface area contributed by atoms with Gasteiger partial charge in [0.2, 0.25) is 5.17 Å². The molecule has 3 aromatic rings. The first-order chi connectivity index (χ1) is 18.6. The van der Waals surface area contributed by atoms with Crippen molar-refractivity contribution in [1.29, 1.82) is 5.41 Å². The Kier molecular flexibility index (Phi) is 6.89. The SMILES string of the molecule is CCC1=NN2C(=N)/C(=C\c3cn(CCOc4ccc(C5CCCCC5)cc4)c4ccccc34)C(=O)N=C2S1. The smallest absolute Gasteiger partial charge is 0.283 e. The van der Waals surface area contributed by atoms with Gasteiger partial charge in [0.1, 0.15) is 17.4 Å². The number of hydrogen-bond acceptors (Lipinski definition) is 5. The van der Waals surface area contributed by atoms with Crippen LogP contribution in [0.2, 0.25) is 0 Å². The average molecular weight is 526 g/mol.